The van der Waals surface area contributed by atoms with Crippen molar-refractivity contribution in [3.63, 3.8) is 0 Å². The average Bonchev–Trinajstić information content (AvgIpc) is 3.68. The van der Waals surface area contributed by atoms with E-state index in [-0.39, 0.29) is 48.0 Å². The minimum atomic E-state index is -1.82. The van der Waals surface area contributed by atoms with Gasteiger partial charge in [0.25, 0.3) is 0 Å². The Bertz CT molecular complexity index is 2230. The van der Waals surface area contributed by atoms with E-state index in [1.807, 2.05) is 24.4 Å². The van der Waals surface area contributed by atoms with E-state index in [2.05, 4.69) is 79.4 Å². The summed E-state index contributed by atoms with van der Waals surface area (Å²) >= 11 is 0. The van der Waals surface area contributed by atoms with Gasteiger partial charge in [-0.3, -0.25) is 9.59 Å². The van der Waals surface area contributed by atoms with Gasteiger partial charge < -0.3 is 46.5 Å². The Hall–Kier alpha value is -4.86. The summed E-state index contributed by atoms with van der Waals surface area (Å²) in [6, 6.07) is 13.9. The van der Waals surface area contributed by atoms with Crippen LogP contribution in [0.1, 0.15) is 131 Å². The zero-order chi connectivity index (χ0) is 47.5. The lowest BCUT2D eigenvalue weighted by Gasteiger charge is -2.33. The molecule has 0 saturated heterocycles. The van der Waals surface area contributed by atoms with Crippen LogP contribution in [0.2, 0.25) is 0 Å². The Kier molecular flexibility index (Phi) is 18.2. The minimum Gasteiger partial charge on any atom is -0.504 e. The second-order valence-corrected chi connectivity index (χ2v) is 19.9. The molecule has 0 spiro atoms. The summed E-state index contributed by atoms with van der Waals surface area (Å²) in [4.78, 5) is 32.3. The van der Waals surface area contributed by atoms with E-state index in [0.29, 0.717) is 57.1 Å². The Morgan fingerprint density at radius 3 is 2.48 bits per heavy atom. The molecule has 9 N–H and O–H groups in total. The van der Waals surface area contributed by atoms with Crippen molar-refractivity contribution in [3.8, 4) is 23.3 Å². The van der Waals surface area contributed by atoms with Crippen LogP contribution in [0, 0.1) is 47.3 Å². The number of carbonyl (C=O) groups is 2. The first kappa shape index (κ1) is 50.6. The molecule has 1 fully saturated rings. The van der Waals surface area contributed by atoms with Gasteiger partial charge in [0, 0.05) is 56.2 Å². The van der Waals surface area contributed by atoms with Crippen LogP contribution < -0.4 is 21.1 Å². The summed E-state index contributed by atoms with van der Waals surface area (Å²) in [7, 11) is 1.49. The number of phenols is 1. The standard InChI is InChI=1S/C55H76N4O7/c1-7-10-45(50(62)28-43-25-42(32-59-43)34(4)30-57-31-35(5)60)41-23-37(21-36-19-20-58-53(56)24-36)22-39-15-17-46(44-12-9-8-11-38(44)14-13-33(2)3)47-29-51(63)52(66-6)27-40(47)16-18-49(61)55(65)54(64)48(39)26-41/h8-9,11-12,19,24-25,27,29,32-35,37,39,41,45-46,48,50,55,57-60,62-63,65H,7,10,13-14,16,18,20-23,26,28,30-31,56H2,1-6H3. The smallest absolute Gasteiger partial charge is 0.173 e. The number of rotatable bonds is 18. The van der Waals surface area contributed by atoms with Crippen LogP contribution in [0.4, 0.5) is 0 Å². The van der Waals surface area contributed by atoms with Gasteiger partial charge in [0.2, 0.25) is 0 Å². The second kappa shape index (κ2) is 23.7. The van der Waals surface area contributed by atoms with Gasteiger partial charge in [-0.1, -0.05) is 76.3 Å². The van der Waals surface area contributed by atoms with Gasteiger partial charge in [-0.25, -0.2) is 0 Å². The Balaban J connectivity index is 1.44. The number of nitrogens with one attached hydrogen (secondary N) is 3. The monoisotopic (exact) mass is 905 g/mol. The lowest BCUT2D eigenvalue weighted by molar-refractivity contribution is -0.142. The van der Waals surface area contributed by atoms with Crippen molar-refractivity contribution < 1.29 is 34.8 Å². The van der Waals surface area contributed by atoms with Gasteiger partial charge >= 0.3 is 0 Å². The van der Waals surface area contributed by atoms with Crippen molar-refractivity contribution in [1.82, 2.24) is 15.6 Å². The number of aliphatic hydroxyl groups excluding tert-OH is 3. The summed E-state index contributed by atoms with van der Waals surface area (Å²) in [5.74, 6) is 5.92. The number of Topliss-reactive ketones (excluding diaryl/α,β-unsaturated/α-hetero) is 2. The van der Waals surface area contributed by atoms with Gasteiger partial charge in [-0.2, -0.15) is 0 Å². The maximum atomic E-state index is 14.9. The number of ketones is 2. The van der Waals surface area contributed by atoms with E-state index < -0.39 is 47.6 Å². The van der Waals surface area contributed by atoms with E-state index in [1.165, 1.54) is 7.11 Å². The topological polar surface area (TPSA) is 190 Å². The number of aliphatic hydroxyl groups is 3. The summed E-state index contributed by atoms with van der Waals surface area (Å²) < 4.78 is 5.55. The maximum Gasteiger partial charge on any atom is 0.173 e. The van der Waals surface area contributed by atoms with Gasteiger partial charge in [0.05, 0.1) is 31.1 Å². The van der Waals surface area contributed by atoms with Gasteiger partial charge in [-0.05, 0) is 146 Å². The van der Waals surface area contributed by atoms with Crippen molar-refractivity contribution in [2.24, 2.45) is 41.2 Å². The third-order valence-corrected chi connectivity index (χ3v) is 14.3. The number of H-pyrrole nitrogens is 1. The van der Waals surface area contributed by atoms with Crippen molar-refractivity contribution in [2.75, 3.05) is 26.7 Å². The SMILES string of the molecule is CCCC(C(O)Cc1cc(C(C)CNCC(C)O)c[nH]1)C1CC(CC2=CCNC(N)=C2)CC2C#CC(c3ccccc3CCC(C)C)c3cc(O)c(OC)cc3CCC(=O)C(O)C(=O)C2C1. The van der Waals surface area contributed by atoms with Crippen molar-refractivity contribution in [3.05, 3.63) is 106 Å². The lowest BCUT2D eigenvalue weighted by Crippen LogP contribution is -2.40. The summed E-state index contributed by atoms with van der Waals surface area (Å²) in [5, 5.41) is 51.5. The highest BCUT2D eigenvalue weighted by Gasteiger charge is 2.43. The fourth-order valence-corrected chi connectivity index (χ4v) is 10.7. The third-order valence-electron chi connectivity index (χ3n) is 14.3. The molecule has 10 atom stereocenters. The number of hydrogen-bond donors (Lipinski definition) is 8. The molecule has 6 rings (SSSR count). The number of fused-ring (bicyclic) bond motifs is 2. The maximum absolute atomic E-state index is 14.9. The molecule has 1 aromatic heterocycles. The number of nitrogens with two attached hydrogens (primary N) is 1. The highest BCUT2D eigenvalue weighted by Crippen LogP contribution is 2.45. The van der Waals surface area contributed by atoms with E-state index in [1.54, 1.807) is 19.1 Å². The highest BCUT2D eigenvalue weighted by molar-refractivity contribution is 6.06. The minimum absolute atomic E-state index is 0.0236. The summed E-state index contributed by atoms with van der Waals surface area (Å²) in [6.07, 6.45) is 9.48. The molecule has 11 nitrogen and oxygen atoms in total. The van der Waals surface area contributed by atoms with E-state index >= 15 is 0 Å². The van der Waals surface area contributed by atoms with Crippen molar-refractivity contribution in [1.29, 1.82) is 0 Å². The number of aromatic hydroxyl groups is 1. The number of aryl methyl sites for hydroxylation is 2. The molecule has 11 heteroatoms. The molecule has 1 aliphatic heterocycles. The molecule has 3 aromatic rings. The van der Waals surface area contributed by atoms with Gasteiger partial charge in [-0.15, -0.1) is 0 Å². The lowest BCUT2D eigenvalue weighted by atomic mass is 9.73. The molecule has 1 saturated carbocycles. The molecule has 3 aliphatic rings. The van der Waals surface area contributed by atoms with Crippen molar-refractivity contribution in [2.45, 2.75) is 135 Å². The van der Waals surface area contributed by atoms with Gasteiger partial charge in [0.1, 0.15) is 0 Å². The molecule has 66 heavy (non-hydrogen) atoms. The van der Waals surface area contributed by atoms with Crippen molar-refractivity contribution >= 4 is 11.6 Å². The first-order valence-corrected chi connectivity index (χ1v) is 24.5. The molecule has 10 unspecified atom stereocenters. The van der Waals surface area contributed by atoms with Crippen LogP contribution in [0.3, 0.4) is 0 Å². The normalized spacial score (nSPS) is 24.4. The molecule has 2 aromatic carbocycles. The van der Waals surface area contributed by atoms with E-state index in [4.69, 9.17) is 10.5 Å². The molecular formula is C55H76N4O7. The molecule has 2 aliphatic carbocycles. The van der Waals surface area contributed by atoms with Crippen LogP contribution in [0.15, 0.2) is 72.2 Å². The number of dihydropyridines is 1. The van der Waals surface area contributed by atoms with E-state index in [0.717, 1.165) is 71.2 Å². The Morgan fingerprint density at radius 1 is 0.970 bits per heavy atom. The number of ether oxygens (including phenoxy) is 1. The predicted molar refractivity (Wildman–Crippen MR) is 261 cm³/mol. The van der Waals surface area contributed by atoms with Gasteiger partial charge in [0.15, 0.2) is 29.2 Å². The fraction of sp³-hybridized carbons (Fsp3) is 0.564. The number of methoxy groups -OCH3 is 1. The molecule has 0 bridgehead atoms. The average molecular weight is 905 g/mol. The van der Waals surface area contributed by atoms with Crippen LogP contribution in [-0.2, 0) is 28.9 Å². The van der Waals surface area contributed by atoms with Crippen LogP contribution in [0.5, 0.6) is 11.5 Å². The van der Waals surface area contributed by atoms with Crippen LogP contribution in [-0.4, -0.2) is 82.0 Å². The first-order chi connectivity index (χ1) is 31.6. The summed E-state index contributed by atoms with van der Waals surface area (Å²) in [6.45, 7) is 12.3. The quantitative estimate of drug-likeness (QED) is 0.0473. The Labute approximate surface area is 393 Å². The largest absolute Gasteiger partial charge is 0.504 e. The molecule has 0 radical (unpaired) electrons. The predicted octanol–water partition coefficient (Wildman–Crippen LogP) is 7.36. The zero-order valence-corrected chi connectivity index (χ0v) is 40.1. The van der Waals surface area contributed by atoms with Crippen LogP contribution >= 0.6 is 0 Å². The number of allylic oxidation sites excluding steroid dienone is 2. The summed E-state index contributed by atoms with van der Waals surface area (Å²) in [5.41, 5.74) is 13.2. The Morgan fingerprint density at radius 2 is 1.76 bits per heavy atom. The fourth-order valence-electron chi connectivity index (χ4n) is 10.7. The highest BCUT2D eigenvalue weighted by atomic mass is 16.5. The number of phenolic OH excluding ortho intramolecular Hbond substituents is 1. The molecule has 358 valence electrons. The molecular weight excluding hydrogens is 829 g/mol. The molecule has 0 amide bonds. The third kappa shape index (κ3) is 13.2. The second-order valence-electron chi connectivity index (χ2n) is 19.9. The number of hydrogen-bond acceptors (Lipinski definition) is 10. The number of aromatic nitrogens is 1. The van der Waals surface area contributed by atoms with Crippen LogP contribution in [0.25, 0.3) is 0 Å². The first-order valence-electron chi connectivity index (χ1n) is 24.5. The molecule has 2 heterocycles. The number of carbonyl (C=O) groups excluding carboxylic acids is 2. The number of aromatic amines is 1. The number of benzene rings is 2. The van der Waals surface area contributed by atoms with E-state index in [9.17, 15) is 30.0 Å². The zero-order valence-electron chi connectivity index (χ0n) is 40.1.